The molecular weight excluding hydrogens is 328 g/mol. The number of aryl methyl sites for hydroxylation is 2. The van der Waals surface area contributed by atoms with E-state index >= 15 is 0 Å². The number of benzene rings is 2. The third-order valence-electron chi connectivity index (χ3n) is 4.35. The van der Waals surface area contributed by atoms with Crippen molar-refractivity contribution in [3.8, 4) is 5.75 Å². The molecule has 0 fully saturated rings. The highest BCUT2D eigenvalue weighted by atomic mass is 16.5. The van der Waals surface area contributed by atoms with Gasteiger partial charge in [0.2, 0.25) is 0 Å². The highest BCUT2D eigenvalue weighted by Crippen LogP contribution is 2.31. The third kappa shape index (κ3) is 3.20. The molecule has 0 saturated carbocycles. The van der Waals surface area contributed by atoms with Crippen molar-refractivity contribution in [3.05, 3.63) is 64.9 Å². The zero-order valence-electron chi connectivity index (χ0n) is 15.4. The Labute approximate surface area is 153 Å². The van der Waals surface area contributed by atoms with Crippen LogP contribution >= 0.6 is 0 Å². The van der Waals surface area contributed by atoms with E-state index in [-0.39, 0.29) is 11.8 Å². The first-order chi connectivity index (χ1) is 12.4. The first-order valence-corrected chi connectivity index (χ1v) is 8.54. The van der Waals surface area contributed by atoms with Crippen molar-refractivity contribution in [2.75, 3.05) is 19.0 Å². The predicted molar refractivity (Wildman–Crippen MR) is 102 cm³/mol. The minimum Gasteiger partial charge on any atom is -0.497 e. The molecule has 0 bridgehead atoms. The Morgan fingerprint density at radius 3 is 2.12 bits per heavy atom. The Balaban J connectivity index is 2.08. The molecule has 2 aromatic rings. The summed E-state index contributed by atoms with van der Waals surface area (Å²) >= 11 is 0. The monoisotopic (exact) mass is 350 g/mol. The van der Waals surface area contributed by atoms with Gasteiger partial charge in [0.15, 0.2) is 0 Å². The van der Waals surface area contributed by atoms with E-state index in [0.717, 1.165) is 16.8 Å². The van der Waals surface area contributed by atoms with E-state index in [9.17, 15) is 9.59 Å². The zero-order chi connectivity index (χ0) is 18.8. The summed E-state index contributed by atoms with van der Waals surface area (Å²) < 4.78 is 5.18. The first kappa shape index (κ1) is 17.7. The Kier molecular flexibility index (Phi) is 4.80. The van der Waals surface area contributed by atoms with Gasteiger partial charge in [-0.3, -0.25) is 14.5 Å². The van der Waals surface area contributed by atoms with Crippen LogP contribution in [-0.4, -0.2) is 30.4 Å². The number of ether oxygens (including phenoxy) is 1. The summed E-state index contributed by atoms with van der Waals surface area (Å²) in [6.45, 7) is 6.12. The third-order valence-corrected chi connectivity index (χ3v) is 4.35. The van der Waals surface area contributed by atoms with Crippen molar-refractivity contribution < 1.29 is 14.3 Å². The fourth-order valence-electron chi connectivity index (χ4n) is 3.20. The van der Waals surface area contributed by atoms with E-state index in [1.54, 1.807) is 38.3 Å². The molecule has 26 heavy (non-hydrogen) atoms. The maximum absolute atomic E-state index is 12.8. The maximum Gasteiger partial charge on any atom is 0.278 e. The second-order valence-electron chi connectivity index (χ2n) is 6.33. The average Bonchev–Trinajstić information content (AvgIpc) is 2.84. The number of anilines is 1. The van der Waals surface area contributed by atoms with Gasteiger partial charge in [-0.25, -0.2) is 0 Å². The minimum atomic E-state index is -0.303. The lowest BCUT2D eigenvalue weighted by atomic mass is 10.0. The molecule has 1 aliphatic rings. The van der Waals surface area contributed by atoms with Crippen LogP contribution in [0.4, 0.5) is 5.69 Å². The summed E-state index contributed by atoms with van der Waals surface area (Å²) in [5.41, 5.74) is 4.35. The summed E-state index contributed by atoms with van der Waals surface area (Å²) in [6.07, 6.45) is 0. The molecule has 3 rings (SSSR count). The summed E-state index contributed by atoms with van der Waals surface area (Å²) in [4.78, 5) is 26.9. The van der Waals surface area contributed by atoms with E-state index < -0.39 is 0 Å². The summed E-state index contributed by atoms with van der Waals surface area (Å²) in [5.74, 6) is 0.110. The molecule has 134 valence electrons. The molecule has 1 N–H and O–H groups in total. The average molecular weight is 350 g/mol. The molecule has 0 aromatic heterocycles. The number of imide groups is 1. The topological polar surface area (TPSA) is 58.6 Å². The smallest absolute Gasteiger partial charge is 0.278 e. The largest absolute Gasteiger partial charge is 0.497 e. The normalized spacial score (nSPS) is 14.2. The second-order valence-corrected chi connectivity index (χ2v) is 6.33. The van der Waals surface area contributed by atoms with E-state index in [0.29, 0.717) is 29.1 Å². The number of rotatable bonds is 5. The van der Waals surface area contributed by atoms with Gasteiger partial charge in [0, 0.05) is 12.2 Å². The zero-order valence-corrected chi connectivity index (χ0v) is 15.4. The molecule has 0 radical (unpaired) electrons. The second kappa shape index (κ2) is 7.04. The van der Waals surface area contributed by atoms with Crippen LogP contribution in [-0.2, 0) is 9.59 Å². The van der Waals surface area contributed by atoms with Crippen LogP contribution in [0.2, 0.25) is 0 Å². The molecule has 0 saturated heterocycles. The SMILES string of the molecule is CCN1C(=O)C(Nc2cc(C)cc(C)c2)=C(c2ccc(OC)cc2)C1=O. The molecule has 1 heterocycles. The molecule has 5 nitrogen and oxygen atoms in total. The van der Waals surface area contributed by atoms with Gasteiger partial charge in [-0.1, -0.05) is 18.2 Å². The van der Waals surface area contributed by atoms with E-state index in [1.807, 2.05) is 26.0 Å². The lowest BCUT2D eigenvalue weighted by molar-refractivity contribution is -0.136. The Morgan fingerprint density at radius 1 is 0.962 bits per heavy atom. The van der Waals surface area contributed by atoms with Crippen molar-refractivity contribution in [2.45, 2.75) is 20.8 Å². The molecule has 0 aliphatic carbocycles. The van der Waals surface area contributed by atoms with Crippen molar-refractivity contribution in [2.24, 2.45) is 0 Å². The van der Waals surface area contributed by atoms with Crippen LogP contribution in [0, 0.1) is 13.8 Å². The van der Waals surface area contributed by atoms with Crippen molar-refractivity contribution in [3.63, 3.8) is 0 Å². The Bertz CT molecular complexity index is 878. The number of nitrogens with one attached hydrogen (secondary N) is 1. The summed E-state index contributed by atoms with van der Waals surface area (Å²) in [7, 11) is 1.59. The standard InChI is InChI=1S/C21H22N2O3/c1-5-23-20(24)18(15-6-8-17(26-4)9-7-15)19(21(23)25)22-16-11-13(2)10-14(3)12-16/h6-12,22H,5H2,1-4H3. The van der Waals surface area contributed by atoms with Gasteiger partial charge in [0.1, 0.15) is 11.4 Å². The number of nitrogens with zero attached hydrogens (tertiary/aromatic N) is 1. The van der Waals surface area contributed by atoms with Gasteiger partial charge >= 0.3 is 0 Å². The van der Waals surface area contributed by atoms with Gasteiger partial charge in [-0.2, -0.15) is 0 Å². The van der Waals surface area contributed by atoms with Crippen molar-refractivity contribution in [1.29, 1.82) is 0 Å². The van der Waals surface area contributed by atoms with Crippen molar-refractivity contribution >= 4 is 23.1 Å². The minimum absolute atomic E-state index is 0.283. The molecular formula is C21H22N2O3. The van der Waals surface area contributed by atoms with E-state index in [4.69, 9.17) is 4.74 Å². The van der Waals surface area contributed by atoms with Crippen LogP contribution in [0.1, 0.15) is 23.6 Å². The lowest BCUT2D eigenvalue weighted by Gasteiger charge is -2.12. The maximum atomic E-state index is 12.8. The van der Waals surface area contributed by atoms with Gasteiger partial charge in [-0.05, 0) is 61.7 Å². The van der Waals surface area contributed by atoms with Crippen LogP contribution in [0.3, 0.4) is 0 Å². The van der Waals surface area contributed by atoms with Gasteiger partial charge < -0.3 is 10.1 Å². The fourth-order valence-corrected chi connectivity index (χ4v) is 3.20. The quantitative estimate of drug-likeness (QED) is 0.838. The van der Waals surface area contributed by atoms with E-state index in [1.165, 1.54) is 4.90 Å². The summed E-state index contributed by atoms with van der Waals surface area (Å²) in [5, 5.41) is 3.18. The Morgan fingerprint density at radius 2 is 1.58 bits per heavy atom. The van der Waals surface area contributed by atoms with Crippen LogP contribution in [0.15, 0.2) is 48.2 Å². The number of carbonyl (C=O) groups is 2. The number of methoxy groups -OCH3 is 1. The first-order valence-electron chi connectivity index (χ1n) is 8.54. The predicted octanol–water partition coefficient (Wildman–Crippen LogP) is 3.52. The lowest BCUT2D eigenvalue weighted by Crippen LogP contribution is -2.32. The molecule has 2 amide bonds. The number of carbonyl (C=O) groups excluding carboxylic acids is 2. The highest BCUT2D eigenvalue weighted by Gasteiger charge is 2.38. The molecule has 0 atom stereocenters. The number of hydrogen-bond acceptors (Lipinski definition) is 4. The number of hydrogen-bond donors (Lipinski definition) is 1. The van der Waals surface area contributed by atoms with Crippen LogP contribution in [0.5, 0.6) is 5.75 Å². The number of likely N-dealkylation sites (N-methyl/N-ethyl adjacent to an activating group) is 1. The number of amides is 2. The van der Waals surface area contributed by atoms with Crippen molar-refractivity contribution in [1.82, 2.24) is 4.90 Å². The van der Waals surface area contributed by atoms with Gasteiger partial charge in [-0.15, -0.1) is 0 Å². The van der Waals surface area contributed by atoms with Gasteiger partial charge in [0.25, 0.3) is 11.8 Å². The molecule has 5 heteroatoms. The molecule has 0 spiro atoms. The fraction of sp³-hybridized carbons (Fsp3) is 0.238. The van der Waals surface area contributed by atoms with Crippen LogP contribution in [0.25, 0.3) is 5.57 Å². The van der Waals surface area contributed by atoms with E-state index in [2.05, 4.69) is 11.4 Å². The Hall–Kier alpha value is -3.08. The molecule has 0 unspecified atom stereocenters. The molecule has 2 aromatic carbocycles. The summed E-state index contributed by atoms with van der Waals surface area (Å²) in [6, 6.07) is 13.1. The highest BCUT2D eigenvalue weighted by molar-refractivity contribution is 6.36. The van der Waals surface area contributed by atoms with Crippen LogP contribution < -0.4 is 10.1 Å². The van der Waals surface area contributed by atoms with Gasteiger partial charge in [0.05, 0.1) is 12.7 Å². The molecule has 1 aliphatic heterocycles.